The molecule has 0 aliphatic carbocycles. The molecule has 0 spiro atoms. The smallest absolute Gasteiger partial charge is 0.407 e. The van der Waals surface area contributed by atoms with Gasteiger partial charge in [-0.05, 0) is 52.8 Å². The van der Waals surface area contributed by atoms with Crippen molar-refractivity contribution in [2.75, 3.05) is 5.73 Å². The summed E-state index contributed by atoms with van der Waals surface area (Å²) < 4.78 is 5.19. The van der Waals surface area contributed by atoms with Crippen molar-refractivity contribution in [1.29, 1.82) is 0 Å². The second-order valence-electron chi connectivity index (χ2n) is 8.85. The number of rotatable bonds is 3. The van der Waals surface area contributed by atoms with Gasteiger partial charge in [-0.3, -0.25) is 4.98 Å². The van der Waals surface area contributed by atoms with Crippen LogP contribution in [0.5, 0.6) is 0 Å². The van der Waals surface area contributed by atoms with E-state index in [1.165, 1.54) is 12.0 Å². The lowest BCUT2D eigenvalue weighted by Gasteiger charge is -2.19. The van der Waals surface area contributed by atoms with Crippen LogP contribution in [-0.4, -0.2) is 16.7 Å². The topological polar surface area (TPSA) is 77.2 Å². The maximum absolute atomic E-state index is 11.6. The molecule has 0 radical (unpaired) electrons. The number of nitrogens with one attached hydrogen (secondary N) is 1. The Morgan fingerprint density at radius 3 is 2.09 bits per heavy atom. The molecule has 0 bridgehead atoms. The highest BCUT2D eigenvalue weighted by Gasteiger charge is 2.15. The first-order chi connectivity index (χ1) is 15.6. The van der Waals surface area contributed by atoms with Gasteiger partial charge >= 0.3 is 6.09 Å². The first-order valence-corrected chi connectivity index (χ1v) is 11.4. The average Bonchev–Trinajstić information content (AvgIpc) is 2.75. The van der Waals surface area contributed by atoms with Crippen LogP contribution in [0, 0.1) is 13.8 Å². The van der Waals surface area contributed by atoms with E-state index in [1.807, 2.05) is 76.2 Å². The molecule has 178 valence electrons. The maximum atomic E-state index is 11.6. The molecule has 0 saturated heterocycles. The van der Waals surface area contributed by atoms with Crippen molar-refractivity contribution in [1.82, 2.24) is 10.3 Å². The number of hydrogen-bond donors (Lipinski definition) is 2. The Bertz CT molecular complexity index is 963. The van der Waals surface area contributed by atoms with E-state index in [0.717, 1.165) is 28.1 Å². The molecular formula is C28H39N3O2. The lowest BCUT2D eigenvalue weighted by molar-refractivity contribution is 0.0523. The Morgan fingerprint density at radius 1 is 0.970 bits per heavy atom. The first kappa shape index (κ1) is 27.7. The second-order valence-corrected chi connectivity index (χ2v) is 8.85. The summed E-state index contributed by atoms with van der Waals surface area (Å²) in [7, 11) is 0. The minimum absolute atomic E-state index is 0.318. The number of aryl methyl sites for hydroxylation is 2. The number of nitrogen functional groups attached to an aromatic ring is 1. The van der Waals surface area contributed by atoms with E-state index in [2.05, 4.69) is 43.2 Å². The molecule has 5 nitrogen and oxygen atoms in total. The van der Waals surface area contributed by atoms with Crippen LogP contribution in [0.15, 0.2) is 66.9 Å². The number of carbonyl (C=O) groups is 1. The van der Waals surface area contributed by atoms with Crippen molar-refractivity contribution in [3.8, 4) is 11.1 Å². The zero-order chi connectivity index (χ0) is 24.9. The van der Waals surface area contributed by atoms with Gasteiger partial charge in [0.1, 0.15) is 5.60 Å². The molecule has 0 aliphatic heterocycles. The maximum Gasteiger partial charge on any atom is 0.407 e. The van der Waals surface area contributed by atoms with Crippen molar-refractivity contribution in [3.05, 3.63) is 83.7 Å². The molecular weight excluding hydrogens is 410 g/mol. The Balaban J connectivity index is 0.000000451. The van der Waals surface area contributed by atoms with Gasteiger partial charge < -0.3 is 15.8 Å². The normalized spacial score (nSPS) is 10.2. The zero-order valence-corrected chi connectivity index (χ0v) is 21.1. The Kier molecular flexibility index (Phi) is 11.7. The van der Waals surface area contributed by atoms with Crippen molar-refractivity contribution in [2.45, 2.75) is 67.0 Å². The predicted molar refractivity (Wildman–Crippen MR) is 139 cm³/mol. The standard InChI is InChI=1S/C18H23N3O2.C7H8.C3H8/c1-12-5-8-16(19)15(9-12)13-6-7-14(20-10-13)11-21-17(22)23-18(2,3)4;1-7-5-3-2-4-6-7;1-3-2/h5-10H,11,19H2,1-4H3,(H,21,22);2-6H,1H3;3H2,1-2H3. The molecule has 2 aromatic carbocycles. The van der Waals surface area contributed by atoms with Gasteiger partial charge in [-0.15, -0.1) is 0 Å². The Morgan fingerprint density at radius 2 is 1.61 bits per heavy atom. The largest absolute Gasteiger partial charge is 0.444 e. The van der Waals surface area contributed by atoms with E-state index in [0.29, 0.717) is 6.54 Å². The molecule has 1 heterocycles. The van der Waals surface area contributed by atoms with E-state index < -0.39 is 11.7 Å². The number of ether oxygens (including phenoxy) is 1. The average molecular weight is 450 g/mol. The number of amides is 1. The van der Waals surface area contributed by atoms with Gasteiger partial charge in [0.25, 0.3) is 0 Å². The highest BCUT2D eigenvalue weighted by atomic mass is 16.6. The van der Waals surface area contributed by atoms with Crippen LogP contribution in [-0.2, 0) is 11.3 Å². The summed E-state index contributed by atoms with van der Waals surface area (Å²) >= 11 is 0. The Labute approximate surface area is 199 Å². The monoisotopic (exact) mass is 449 g/mol. The number of alkyl carbamates (subject to hydrolysis) is 1. The van der Waals surface area contributed by atoms with Crippen LogP contribution < -0.4 is 11.1 Å². The summed E-state index contributed by atoms with van der Waals surface area (Å²) in [5, 5.41) is 2.69. The van der Waals surface area contributed by atoms with Crippen LogP contribution in [0.1, 0.15) is 57.9 Å². The van der Waals surface area contributed by atoms with Gasteiger partial charge in [-0.1, -0.05) is 73.9 Å². The van der Waals surface area contributed by atoms with Crippen LogP contribution in [0.3, 0.4) is 0 Å². The molecule has 0 aliphatic rings. The van der Waals surface area contributed by atoms with Crippen LogP contribution in [0.2, 0.25) is 0 Å². The zero-order valence-electron chi connectivity index (χ0n) is 21.1. The fourth-order valence-corrected chi connectivity index (χ4v) is 2.62. The number of hydrogen-bond acceptors (Lipinski definition) is 4. The van der Waals surface area contributed by atoms with Gasteiger partial charge in [0, 0.05) is 23.0 Å². The molecule has 3 aromatic rings. The van der Waals surface area contributed by atoms with E-state index in [-0.39, 0.29) is 0 Å². The molecule has 3 rings (SSSR count). The Hall–Kier alpha value is -3.34. The number of pyridine rings is 1. The molecule has 0 atom stereocenters. The van der Waals surface area contributed by atoms with Crippen molar-refractivity contribution >= 4 is 11.8 Å². The molecule has 5 heteroatoms. The minimum atomic E-state index is -0.510. The number of benzene rings is 2. The van der Waals surface area contributed by atoms with Crippen molar-refractivity contribution in [2.24, 2.45) is 0 Å². The van der Waals surface area contributed by atoms with Crippen LogP contribution in [0.25, 0.3) is 11.1 Å². The summed E-state index contributed by atoms with van der Waals surface area (Å²) in [4.78, 5) is 16.0. The van der Waals surface area contributed by atoms with Gasteiger partial charge in [-0.25, -0.2) is 4.79 Å². The fourth-order valence-electron chi connectivity index (χ4n) is 2.62. The first-order valence-electron chi connectivity index (χ1n) is 11.4. The van der Waals surface area contributed by atoms with Crippen molar-refractivity contribution < 1.29 is 9.53 Å². The predicted octanol–water partition coefficient (Wildman–Crippen LogP) is 7.08. The minimum Gasteiger partial charge on any atom is -0.444 e. The van der Waals surface area contributed by atoms with Gasteiger partial charge in [0.05, 0.1) is 12.2 Å². The van der Waals surface area contributed by atoms with Crippen LogP contribution >= 0.6 is 0 Å². The van der Waals surface area contributed by atoms with E-state index in [9.17, 15) is 4.79 Å². The number of anilines is 1. The third-order valence-corrected chi connectivity index (χ3v) is 4.10. The molecule has 1 amide bonds. The third kappa shape index (κ3) is 11.7. The van der Waals surface area contributed by atoms with E-state index in [4.69, 9.17) is 10.5 Å². The summed E-state index contributed by atoms with van der Waals surface area (Å²) in [5.74, 6) is 0. The highest BCUT2D eigenvalue weighted by Crippen LogP contribution is 2.26. The van der Waals surface area contributed by atoms with Gasteiger partial charge in [-0.2, -0.15) is 0 Å². The second kappa shape index (κ2) is 13.9. The van der Waals surface area contributed by atoms with Crippen molar-refractivity contribution in [3.63, 3.8) is 0 Å². The summed E-state index contributed by atoms with van der Waals surface area (Å²) in [5.41, 5.74) is 11.4. The lowest BCUT2D eigenvalue weighted by atomic mass is 10.0. The molecule has 1 aromatic heterocycles. The molecule has 0 saturated carbocycles. The fraction of sp³-hybridized carbons (Fsp3) is 0.357. The van der Waals surface area contributed by atoms with E-state index >= 15 is 0 Å². The van der Waals surface area contributed by atoms with Gasteiger partial charge in [0.15, 0.2) is 0 Å². The van der Waals surface area contributed by atoms with E-state index in [1.54, 1.807) is 6.20 Å². The molecule has 3 N–H and O–H groups in total. The molecule has 33 heavy (non-hydrogen) atoms. The summed E-state index contributed by atoms with van der Waals surface area (Å²) in [6, 6.07) is 20.0. The quantitative estimate of drug-likeness (QED) is 0.419. The number of carbonyl (C=O) groups excluding carboxylic acids is 1. The van der Waals surface area contributed by atoms with Crippen LogP contribution in [0.4, 0.5) is 10.5 Å². The number of nitrogens with zero attached hydrogens (tertiary/aromatic N) is 1. The number of nitrogens with two attached hydrogens (primary N) is 1. The summed E-state index contributed by atoms with van der Waals surface area (Å²) in [6.07, 6.45) is 2.56. The lowest BCUT2D eigenvalue weighted by Crippen LogP contribution is -2.32. The SMILES string of the molecule is CCC.Cc1ccc(N)c(-c2ccc(CNC(=O)OC(C)(C)C)nc2)c1.Cc1ccccc1. The highest BCUT2D eigenvalue weighted by molar-refractivity contribution is 5.76. The van der Waals surface area contributed by atoms with Gasteiger partial charge in [0.2, 0.25) is 0 Å². The molecule has 0 fully saturated rings. The summed E-state index contributed by atoms with van der Waals surface area (Å²) in [6.45, 7) is 14.2. The number of aromatic nitrogens is 1. The molecule has 0 unspecified atom stereocenters. The third-order valence-electron chi connectivity index (χ3n) is 4.10.